The summed E-state index contributed by atoms with van der Waals surface area (Å²) in [6.07, 6.45) is 0.334. The number of carbonyl (C=O) groups is 3. The molecule has 11 nitrogen and oxygen atoms in total. The third kappa shape index (κ3) is 4.39. The van der Waals surface area contributed by atoms with Gasteiger partial charge in [0, 0.05) is 35.0 Å². The second-order valence-corrected chi connectivity index (χ2v) is 15.4. The Morgan fingerprint density at radius 3 is 2.32 bits per heavy atom. The molecule has 50 heavy (non-hydrogen) atoms. The summed E-state index contributed by atoms with van der Waals surface area (Å²) in [6, 6.07) is 11.6. The third-order valence-electron chi connectivity index (χ3n) is 10.7. The Kier molecular flexibility index (Phi) is 7.04. The second-order valence-electron chi connectivity index (χ2n) is 13.3. The number of hydrogen-bond donors (Lipinski definition) is 4. The Morgan fingerprint density at radius 2 is 1.66 bits per heavy atom. The summed E-state index contributed by atoms with van der Waals surface area (Å²) in [5.41, 5.74) is -0.438. The number of fused-ring (bicyclic) bond motifs is 5. The number of ether oxygens (including phenoxy) is 1. The number of anilines is 1. The molecule has 3 aliphatic carbocycles. The van der Waals surface area contributed by atoms with Crippen molar-refractivity contribution in [3.63, 3.8) is 0 Å². The van der Waals surface area contributed by atoms with Crippen molar-refractivity contribution in [1.29, 1.82) is 0 Å². The number of nitrogens with one attached hydrogen (secondary N) is 1. The lowest BCUT2D eigenvalue weighted by molar-refractivity contribution is 0.0603. The van der Waals surface area contributed by atoms with Gasteiger partial charge in [0.05, 0.1) is 39.6 Å². The average Bonchev–Trinajstić information content (AvgIpc) is 3.68. The summed E-state index contributed by atoms with van der Waals surface area (Å²) in [7, 11) is -3.66. The fraction of sp³-hybridized carbons (Fsp3) is 0.289. The smallest absolute Gasteiger partial charge is 0.410 e. The van der Waals surface area contributed by atoms with Crippen LogP contribution >= 0.6 is 0 Å². The number of ketones is 2. The van der Waals surface area contributed by atoms with E-state index in [1.54, 1.807) is 37.3 Å². The van der Waals surface area contributed by atoms with Gasteiger partial charge in [-0.1, -0.05) is 41.9 Å². The Morgan fingerprint density at radius 1 is 1.02 bits per heavy atom. The van der Waals surface area contributed by atoms with Gasteiger partial charge in [-0.2, -0.15) is 0 Å². The quantitative estimate of drug-likeness (QED) is 0.180. The molecule has 0 saturated heterocycles. The minimum Gasteiger partial charge on any atom is -0.507 e. The van der Waals surface area contributed by atoms with Gasteiger partial charge in [-0.05, 0) is 72.5 Å². The first kappa shape index (κ1) is 31.8. The number of phenolic OH excluding ortho intramolecular Hbond substituents is 1. The summed E-state index contributed by atoms with van der Waals surface area (Å²) >= 11 is 0. The van der Waals surface area contributed by atoms with Crippen LogP contribution in [0.2, 0.25) is 0 Å². The summed E-state index contributed by atoms with van der Waals surface area (Å²) in [5, 5.41) is 37.3. The first-order chi connectivity index (χ1) is 23.9. The monoisotopic (exact) mass is 690 g/mol. The maximum absolute atomic E-state index is 14.4. The molecule has 2 heterocycles. The van der Waals surface area contributed by atoms with Crippen molar-refractivity contribution in [3.8, 4) is 29.4 Å². The zero-order chi connectivity index (χ0) is 35.2. The van der Waals surface area contributed by atoms with E-state index < -0.39 is 68.1 Å². The Hall–Kier alpha value is -5.40. The van der Waals surface area contributed by atoms with Crippen molar-refractivity contribution >= 4 is 33.2 Å². The summed E-state index contributed by atoms with van der Waals surface area (Å²) < 4.78 is 30.5. The van der Waals surface area contributed by atoms with E-state index in [9.17, 15) is 38.1 Å². The molecule has 1 saturated carbocycles. The van der Waals surface area contributed by atoms with Crippen LogP contribution in [0, 0.1) is 29.1 Å². The van der Waals surface area contributed by atoms with Crippen LogP contribution in [0.25, 0.3) is 0 Å². The standard InChI is InChI=1S/C38H30N2O9S/c1-21(41)37-20-38(37)27-17-28(42)31-32(33(27)39-29(37)11-7-2-3-8-12-30(38)43)35(45)26-16-23-19-40(18-22(23)15-25(26)34(31)44)36(46)49-13-14-50(47,48)24-9-5-4-6-10-24/h2-6,9-10,15-17,21,29-30,39,41-43H,13-14,18-20H2,1H3/b3-2-/t21-,29+,30-,37-,38-/m1/s1. The molecular formula is C38H30N2O9S. The number of rotatable bonds is 5. The predicted octanol–water partition coefficient (Wildman–Crippen LogP) is 2.83. The first-order valence-electron chi connectivity index (χ1n) is 16.1. The Labute approximate surface area is 287 Å². The average molecular weight is 691 g/mol. The number of aliphatic hydroxyl groups is 2. The molecule has 0 spiro atoms. The summed E-state index contributed by atoms with van der Waals surface area (Å²) in [6.45, 7) is 1.38. The molecule has 4 N–H and O–H groups in total. The number of benzene rings is 3. The lowest BCUT2D eigenvalue weighted by atomic mass is 9.69. The van der Waals surface area contributed by atoms with Crippen molar-refractivity contribution in [2.75, 3.05) is 17.7 Å². The van der Waals surface area contributed by atoms with Gasteiger partial charge in [0.15, 0.2) is 21.4 Å². The zero-order valence-electron chi connectivity index (χ0n) is 26.7. The van der Waals surface area contributed by atoms with Crippen molar-refractivity contribution in [3.05, 3.63) is 99.6 Å². The molecule has 2 aliphatic heterocycles. The molecule has 8 rings (SSSR count). The van der Waals surface area contributed by atoms with Crippen LogP contribution in [0.1, 0.15) is 61.9 Å². The van der Waals surface area contributed by atoms with Gasteiger partial charge in [0.1, 0.15) is 18.5 Å². The lowest BCUT2D eigenvalue weighted by Crippen LogP contribution is -2.50. The van der Waals surface area contributed by atoms with E-state index in [1.807, 2.05) is 0 Å². The van der Waals surface area contributed by atoms with Crippen LogP contribution < -0.4 is 5.32 Å². The number of allylic oxidation sites excluding steroid dienone is 2. The molecular weight excluding hydrogens is 660 g/mol. The van der Waals surface area contributed by atoms with E-state index in [0.29, 0.717) is 16.7 Å². The fourth-order valence-electron chi connectivity index (χ4n) is 8.21. The molecule has 0 aromatic heterocycles. The van der Waals surface area contributed by atoms with Crippen LogP contribution in [0.15, 0.2) is 65.6 Å². The molecule has 3 aromatic carbocycles. The normalized spacial score (nSPS) is 26.2. The van der Waals surface area contributed by atoms with Crippen molar-refractivity contribution < 1.29 is 42.9 Å². The molecule has 12 heteroatoms. The molecule has 252 valence electrons. The van der Waals surface area contributed by atoms with E-state index in [-0.39, 0.29) is 59.0 Å². The first-order valence-corrected chi connectivity index (χ1v) is 17.7. The number of hydrogen-bond acceptors (Lipinski definition) is 10. The molecule has 1 amide bonds. The highest BCUT2D eigenvalue weighted by molar-refractivity contribution is 7.91. The predicted molar refractivity (Wildman–Crippen MR) is 179 cm³/mol. The zero-order valence-corrected chi connectivity index (χ0v) is 27.5. The molecule has 5 aliphatic rings. The summed E-state index contributed by atoms with van der Waals surface area (Å²) in [4.78, 5) is 42.9. The lowest BCUT2D eigenvalue weighted by Gasteiger charge is -2.42. The van der Waals surface area contributed by atoms with Gasteiger partial charge in [-0.25, -0.2) is 13.2 Å². The van der Waals surface area contributed by atoms with Crippen LogP contribution in [0.4, 0.5) is 10.5 Å². The number of phenols is 1. The maximum Gasteiger partial charge on any atom is 0.410 e. The van der Waals surface area contributed by atoms with Crippen molar-refractivity contribution in [2.24, 2.45) is 5.41 Å². The molecule has 5 atom stereocenters. The number of amides is 1. The van der Waals surface area contributed by atoms with Crippen molar-refractivity contribution in [1.82, 2.24) is 4.90 Å². The third-order valence-corrected chi connectivity index (χ3v) is 12.4. The molecule has 2 bridgehead atoms. The van der Waals surface area contributed by atoms with Gasteiger partial charge in [0.25, 0.3) is 0 Å². The highest BCUT2D eigenvalue weighted by Gasteiger charge is 2.79. The maximum atomic E-state index is 14.4. The van der Waals surface area contributed by atoms with Crippen LogP contribution in [0.3, 0.4) is 0 Å². The largest absolute Gasteiger partial charge is 0.507 e. The number of aliphatic hydroxyl groups excluding tert-OH is 2. The highest BCUT2D eigenvalue weighted by Crippen LogP contribution is 2.74. The van der Waals surface area contributed by atoms with E-state index in [1.165, 1.54) is 35.3 Å². The van der Waals surface area contributed by atoms with Crippen LogP contribution in [-0.4, -0.2) is 76.9 Å². The van der Waals surface area contributed by atoms with Crippen LogP contribution in [-0.2, 0) is 33.1 Å². The van der Waals surface area contributed by atoms with E-state index >= 15 is 0 Å². The molecule has 3 aromatic rings. The molecule has 1 fully saturated rings. The minimum absolute atomic E-state index is 0.0589. The van der Waals surface area contributed by atoms with Gasteiger partial charge in [-0.3, -0.25) is 14.5 Å². The summed E-state index contributed by atoms with van der Waals surface area (Å²) in [5.74, 6) is 9.67. The van der Waals surface area contributed by atoms with E-state index in [4.69, 9.17) is 4.74 Å². The SMILES string of the molecule is C[C@@H](O)[C@@]12C[C@]13c1cc(O)c4c(c1N[C@H]2C#C/C=C\C#C[C@H]3O)C(=O)c1cc2c(cc1C4=O)CN(C(=O)OCCS(=O)(=O)c1ccccc1)C2. The Bertz CT molecular complexity index is 2330. The van der Waals surface area contributed by atoms with Crippen molar-refractivity contribution in [2.45, 2.75) is 55.0 Å². The van der Waals surface area contributed by atoms with Gasteiger partial charge in [0.2, 0.25) is 0 Å². The number of sulfone groups is 1. The second kappa shape index (κ2) is 11.1. The van der Waals surface area contributed by atoms with E-state index in [0.717, 1.165) is 0 Å². The topological polar surface area (TPSA) is 171 Å². The van der Waals surface area contributed by atoms with E-state index in [2.05, 4.69) is 29.0 Å². The minimum atomic E-state index is -3.66. The number of nitrogens with zero attached hydrogens (tertiary/aromatic N) is 1. The number of aromatic hydroxyl groups is 1. The highest BCUT2D eigenvalue weighted by atomic mass is 32.2. The van der Waals surface area contributed by atoms with Gasteiger partial charge in [-0.15, -0.1) is 0 Å². The van der Waals surface area contributed by atoms with Gasteiger partial charge >= 0.3 is 6.09 Å². The molecule has 0 unspecified atom stereocenters. The van der Waals surface area contributed by atoms with Crippen LogP contribution in [0.5, 0.6) is 5.75 Å². The Balaban J connectivity index is 1.11. The van der Waals surface area contributed by atoms with Gasteiger partial charge < -0.3 is 25.4 Å². The number of carbonyl (C=O) groups excluding carboxylic acids is 3. The fourth-order valence-corrected chi connectivity index (χ4v) is 9.32. The molecule has 0 radical (unpaired) electrons.